The summed E-state index contributed by atoms with van der Waals surface area (Å²) in [6, 6.07) is 0. The predicted molar refractivity (Wildman–Crippen MR) is 90.9 cm³/mol. The zero-order chi connectivity index (χ0) is 16.3. The van der Waals surface area contributed by atoms with Gasteiger partial charge in [0.15, 0.2) is 5.11 Å². The second-order valence-electron chi connectivity index (χ2n) is 5.93. The van der Waals surface area contributed by atoms with Gasteiger partial charge in [0.05, 0.1) is 6.34 Å². The molecule has 0 aromatic rings. The van der Waals surface area contributed by atoms with Crippen molar-refractivity contribution in [1.82, 2.24) is 15.5 Å². The maximum Gasteiger partial charge on any atom is 0.407 e. The highest BCUT2D eigenvalue weighted by molar-refractivity contribution is 7.80. The van der Waals surface area contributed by atoms with Gasteiger partial charge in [-0.1, -0.05) is 0 Å². The quantitative estimate of drug-likeness (QED) is 0.326. The minimum atomic E-state index is -0.448. The van der Waals surface area contributed by atoms with E-state index in [9.17, 15) is 4.79 Å². The fourth-order valence-corrected chi connectivity index (χ4v) is 1.49. The lowest BCUT2D eigenvalue weighted by molar-refractivity contribution is 0.0527. The van der Waals surface area contributed by atoms with Crippen LogP contribution >= 0.6 is 12.2 Å². The molecule has 1 amide bonds. The number of hydrogen-bond acceptors (Lipinski definition) is 3. The number of unbranched alkanes of at least 4 members (excludes halogenated alkanes) is 2. The van der Waals surface area contributed by atoms with Gasteiger partial charge in [-0.25, -0.2) is 9.79 Å². The van der Waals surface area contributed by atoms with Gasteiger partial charge in [0.25, 0.3) is 0 Å². The number of amides is 1. The third-order valence-corrected chi connectivity index (χ3v) is 2.45. The van der Waals surface area contributed by atoms with Gasteiger partial charge in [-0.3, -0.25) is 0 Å². The monoisotopic (exact) mass is 316 g/mol. The molecule has 0 aliphatic rings. The summed E-state index contributed by atoms with van der Waals surface area (Å²) < 4.78 is 5.14. The summed E-state index contributed by atoms with van der Waals surface area (Å²) in [4.78, 5) is 17.3. The van der Waals surface area contributed by atoms with Crippen LogP contribution in [0.4, 0.5) is 4.79 Å². The molecule has 0 radical (unpaired) electrons. The molecule has 0 aromatic carbocycles. The van der Waals surface area contributed by atoms with E-state index in [4.69, 9.17) is 17.0 Å². The number of thiocarbonyl (C=S) groups is 1. The highest BCUT2D eigenvalue weighted by atomic mass is 32.1. The number of alkyl carbamates (subject to hydrolysis) is 1. The fraction of sp³-hybridized carbons (Fsp3) is 0.786. The van der Waals surface area contributed by atoms with Crippen LogP contribution in [0.25, 0.3) is 0 Å². The standard InChI is InChI=1S/C14H28N4O2S/c1-14(2,3)20-13(19)16-10-8-6-7-9-15-12(21)17-11-18(4)5/h11H,6-10H2,1-5H3,(H,15,21)(H,16,19). The van der Waals surface area contributed by atoms with Crippen LogP contribution in [-0.4, -0.2) is 55.2 Å². The highest BCUT2D eigenvalue weighted by Gasteiger charge is 2.15. The van der Waals surface area contributed by atoms with Crippen molar-refractivity contribution < 1.29 is 9.53 Å². The number of carbonyl (C=O) groups excluding carboxylic acids is 1. The Morgan fingerprint density at radius 2 is 1.76 bits per heavy atom. The fourth-order valence-electron chi connectivity index (χ4n) is 1.34. The number of nitrogens with zero attached hydrogens (tertiary/aromatic N) is 2. The largest absolute Gasteiger partial charge is 0.444 e. The molecule has 0 bridgehead atoms. The molecule has 6 nitrogen and oxygen atoms in total. The Labute approximate surface area is 133 Å². The van der Waals surface area contributed by atoms with Crippen LogP contribution in [0.3, 0.4) is 0 Å². The van der Waals surface area contributed by atoms with Crippen molar-refractivity contribution in [3.63, 3.8) is 0 Å². The molecule has 21 heavy (non-hydrogen) atoms. The molecule has 0 aromatic heterocycles. The third kappa shape index (κ3) is 14.8. The summed E-state index contributed by atoms with van der Waals surface area (Å²) in [6.07, 6.45) is 4.20. The Hall–Kier alpha value is -1.37. The number of ether oxygens (including phenoxy) is 1. The van der Waals surface area contributed by atoms with E-state index in [1.54, 1.807) is 6.34 Å². The highest BCUT2D eigenvalue weighted by Crippen LogP contribution is 2.06. The van der Waals surface area contributed by atoms with Crippen molar-refractivity contribution in [2.24, 2.45) is 4.99 Å². The first-order valence-electron chi connectivity index (χ1n) is 7.16. The summed E-state index contributed by atoms with van der Waals surface area (Å²) in [5, 5.41) is 6.29. The second-order valence-corrected chi connectivity index (χ2v) is 6.32. The predicted octanol–water partition coefficient (Wildman–Crippen LogP) is 2.15. The Kier molecular flexibility index (Phi) is 9.69. The topological polar surface area (TPSA) is 66.0 Å². The molecule has 0 saturated carbocycles. The Morgan fingerprint density at radius 1 is 1.19 bits per heavy atom. The summed E-state index contributed by atoms with van der Waals surface area (Å²) in [6.45, 7) is 6.95. The van der Waals surface area contributed by atoms with Crippen molar-refractivity contribution in [2.75, 3.05) is 27.2 Å². The first-order valence-corrected chi connectivity index (χ1v) is 7.57. The molecular weight excluding hydrogens is 288 g/mol. The smallest absolute Gasteiger partial charge is 0.407 e. The SMILES string of the molecule is CN(C)C=NC(=S)NCCCCCNC(=O)OC(C)(C)C. The van der Waals surface area contributed by atoms with E-state index >= 15 is 0 Å². The van der Waals surface area contributed by atoms with Gasteiger partial charge in [-0.05, 0) is 52.3 Å². The summed E-state index contributed by atoms with van der Waals surface area (Å²) >= 11 is 5.05. The minimum absolute atomic E-state index is 0.361. The normalized spacial score (nSPS) is 11.3. The molecule has 0 rings (SSSR count). The lowest BCUT2D eigenvalue weighted by Crippen LogP contribution is -2.33. The van der Waals surface area contributed by atoms with E-state index in [0.717, 1.165) is 25.8 Å². The van der Waals surface area contributed by atoms with Gasteiger partial charge in [0.2, 0.25) is 0 Å². The zero-order valence-electron chi connectivity index (χ0n) is 13.7. The number of carbonyl (C=O) groups is 1. The minimum Gasteiger partial charge on any atom is -0.444 e. The Balaban J connectivity index is 3.49. The van der Waals surface area contributed by atoms with Gasteiger partial charge in [-0.15, -0.1) is 0 Å². The average Bonchev–Trinajstić information content (AvgIpc) is 2.33. The molecular formula is C14H28N4O2S. The molecule has 0 aliphatic carbocycles. The molecule has 0 saturated heterocycles. The average molecular weight is 316 g/mol. The van der Waals surface area contributed by atoms with E-state index in [-0.39, 0.29) is 6.09 Å². The number of aliphatic imine (C=N–C) groups is 1. The second kappa shape index (κ2) is 10.4. The van der Waals surface area contributed by atoms with Crippen LogP contribution in [0.2, 0.25) is 0 Å². The molecule has 0 spiro atoms. The molecule has 0 heterocycles. The Morgan fingerprint density at radius 3 is 2.29 bits per heavy atom. The summed E-state index contributed by atoms with van der Waals surface area (Å²) in [5.74, 6) is 0. The van der Waals surface area contributed by atoms with Crippen molar-refractivity contribution >= 4 is 29.8 Å². The van der Waals surface area contributed by atoms with Crippen LogP contribution in [0.1, 0.15) is 40.0 Å². The van der Waals surface area contributed by atoms with Gasteiger partial charge in [0, 0.05) is 27.2 Å². The maximum absolute atomic E-state index is 11.4. The first kappa shape index (κ1) is 19.6. The number of hydrogen-bond donors (Lipinski definition) is 2. The third-order valence-electron chi connectivity index (χ3n) is 2.20. The van der Waals surface area contributed by atoms with E-state index in [2.05, 4.69) is 15.6 Å². The van der Waals surface area contributed by atoms with E-state index < -0.39 is 5.60 Å². The van der Waals surface area contributed by atoms with Crippen molar-refractivity contribution in [2.45, 2.75) is 45.6 Å². The van der Waals surface area contributed by atoms with E-state index in [1.807, 2.05) is 39.8 Å². The van der Waals surface area contributed by atoms with Crippen molar-refractivity contribution in [1.29, 1.82) is 0 Å². The first-order chi connectivity index (χ1) is 9.70. The van der Waals surface area contributed by atoms with Gasteiger partial charge < -0.3 is 20.3 Å². The van der Waals surface area contributed by atoms with Crippen LogP contribution in [0, 0.1) is 0 Å². The van der Waals surface area contributed by atoms with E-state index in [1.165, 1.54) is 0 Å². The molecule has 0 atom stereocenters. The van der Waals surface area contributed by atoms with Crippen molar-refractivity contribution in [3.05, 3.63) is 0 Å². The number of rotatable bonds is 7. The van der Waals surface area contributed by atoms with Crippen LogP contribution < -0.4 is 10.6 Å². The van der Waals surface area contributed by atoms with Crippen LogP contribution in [0.5, 0.6) is 0 Å². The van der Waals surface area contributed by atoms with Crippen LogP contribution in [0.15, 0.2) is 4.99 Å². The lowest BCUT2D eigenvalue weighted by Gasteiger charge is -2.19. The van der Waals surface area contributed by atoms with Crippen molar-refractivity contribution in [3.8, 4) is 0 Å². The van der Waals surface area contributed by atoms with Crippen LogP contribution in [-0.2, 0) is 4.74 Å². The molecule has 0 unspecified atom stereocenters. The van der Waals surface area contributed by atoms with Gasteiger partial charge >= 0.3 is 6.09 Å². The summed E-state index contributed by atoms with van der Waals surface area (Å²) in [5.41, 5.74) is -0.448. The Bertz CT molecular complexity index is 351. The molecule has 0 fully saturated rings. The van der Waals surface area contributed by atoms with Gasteiger partial charge in [0.1, 0.15) is 5.60 Å². The maximum atomic E-state index is 11.4. The molecule has 122 valence electrons. The lowest BCUT2D eigenvalue weighted by atomic mass is 10.2. The molecule has 7 heteroatoms. The summed E-state index contributed by atoms with van der Waals surface area (Å²) in [7, 11) is 3.79. The van der Waals surface area contributed by atoms with E-state index in [0.29, 0.717) is 11.7 Å². The molecule has 2 N–H and O–H groups in total. The molecule has 0 aliphatic heterocycles. The zero-order valence-corrected chi connectivity index (χ0v) is 14.5. The number of nitrogens with one attached hydrogen (secondary N) is 2. The van der Waals surface area contributed by atoms with Gasteiger partial charge in [-0.2, -0.15) is 0 Å².